The Morgan fingerprint density at radius 2 is 1.62 bits per heavy atom. The number of nitro groups is 1. The van der Waals surface area contributed by atoms with E-state index in [0.29, 0.717) is 0 Å². The molecular formula is C19H15N3O7. The van der Waals surface area contributed by atoms with Gasteiger partial charge in [0.05, 0.1) is 16.1 Å². The van der Waals surface area contributed by atoms with Gasteiger partial charge < -0.3 is 10.1 Å². The number of ether oxygens (including phenoxy) is 1. The summed E-state index contributed by atoms with van der Waals surface area (Å²) >= 11 is 0. The van der Waals surface area contributed by atoms with Crippen LogP contribution in [-0.2, 0) is 14.3 Å². The SMILES string of the molecule is C[C@H](C(=O)OCC(=O)Nc1ccc([N+](=O)[O-])cc1)N1C(=O)c2ccccc2C1=O. The van der Waals surface area contributed by atoms with Gasteiger partial charge in [0, 0.05) is 17.8 Å². The number of anilines is 1. The lowest BCUT2D eigenvalue weighted by Crippen LogP contribution is -2.44. The Hall–Kier alpha value is -4.08. The molecule has 1 N–H and O–H groups in total. The molecule has 1 atom stereocenters. The van der Waals surface area contributed by atoms with Crippen LogP contribution in [0, 0.1) is 10.1 Å². The number of nitrogens with one attached hydrogen (secondary N) is 1. The number of nitro benzene ring substituents is 1. The Morgan fingerprint density at radius 3 is 2.14 bits per heavy atom. The molecule has 0 unspecified atom stereocenters. The first-order valence-corrected chi connectivity index (χ1v) is 8.47. The van der Waals surface area contributed by atoms with Crippen LogP contribution in [0.2, 0.25) is 0 Å². The van der Waals surface area contributed by atoms with E-state index in [-0.39, 0.29) is 22.5 Å². The summed E-state index contributed by atoms with van der Waals surface area (Å²) in [5, 5.41) is 13.0. The van der Waals surface area contributed by atoms with Crippen LogP contribution in [0.1, 0.15) is 27.6 Å². The Morgan fingerprint density at radius 1 is 1.07 bits per heavy atom. The van der Waals surface area contributed by atoms with Crippen molar-refractivity contribution in [2.24, 2.45) is 0 Å². The molecule has 148 valence electrons. The van der Waals surface area contributed by atoms with E-state index in [9.17, 15) is 29.3 Å². The summed E-state index contributed by atoms with van der Waals surface area (Å²) in [5.74, 6) is -2.81. The molecule has 10 heteroatoms. The normalized spacial score (nSPS) is 13.6. The van der Waals surface area contributed by atoms with Crippen LogP contribution in [0.3, 0.4) is 0 Å². The molecule has 2 aromatic carbocycles. The van der Waals surface area contributed by atoms with Crippen molar-refractivity contribution >= 4 is 35.1 Å². The predicted octanol–water partition coefficient (Wildman–Crippen LogP) is 1.76. The van der Waals surface area contributed by atoms with Gasteiger partial charge in [-0.05, 0) is 31.2 Å². The van der Waals surface area contributed by atoms with Gasteiger partial charge in [0.1, 0.15) is 6.04 Å². The first-order chi connectivity index (χ1) is 13.8. The molecule has 1 heterocycles. The molecule has 2 aromatic rings. The minimum Gasteiger partial charge on any atom is -0.454 e. The topological polar surface area (TPSA) is 136 Å². The highest BCUT2D eigenvalue weighted by molar-refractivity contribution is 6.22. The standard InChI is InChI=1S/C19H15N3O7/c1-11(21-17(24)14-4-2-3-5-15(14)18(21)25)19(26)29-10-16(23)20-12-6-8-13(9-7-12)22(27)28/h2-9,11H,10H2,1H3,(H,20,23)/t11-/m1/s1. The second-order valence-electron chi connectivity index (χ2n) is 6.16. The lowest BCUT2D eigenvalue weighted by atomic mass is 10.1. The van der Waals surface area contributed by atoms with E-state index in [2.05, 4.69) is 5.32 Å². The van der Waals surface area contributed by atoms with Crippen LogP contribution < -0.4 is 5.32 Å². The fraction of sp³-hybridized carbons (Fsp3) is 0.158. The van der Waals surface area contributed by atoms with Crippen molar-refractivity contribution < 1.29 is 28.8 Å². The highest BCUT2D eigenvalue weighted by atomic mass is 16.6. The Balaban J connectivity index is 1.56. The smallest absolute Gasteiger partial charge is 0.329 e. The van der Waals surface area contributed by atoms with E-state index in [4.69, 9.17) is 4.74 Å². The molecule has 1 aliphatic heterocycles. The number of esters is 1. The molecule has 3 rings (SSSR count). The molecular weight excluding hydrogens is 382 g/mol. The van der Waals surface area contributed by atoms with E-state index in [0.717, 1.165) is 4.90 Å². The number of imide groups is 1. The quantitative estimate of drug-likeness (QED) is 0.339. The monoisotopic (exact) mass is 397 g/mol. The van der Waals surface area contributed by atoms with Gasteiger partial charge in [-0.15, -0.1) is 0 Å². The zero-order chi connectivity index (χ0) is 21.1. The number of nitrogens with zero attached hydrogens (tertiary/aromatic N) is 2. The summed E-state index contributed by atoms with van der Waals surface area (Å²) in [6.07, 6.45) is 0. The summed E-state index contributed by atoms with van der Waals surface area (Å²) in [7, 11) is 0. The molecule has 0 aromatic heterocycles. The molecule has 0 spiro atoms. The van der Waals surface area contributed by atoms with Gasteiger partial charge in [-0.25, -0.2) is 4.79 Å². The van der Waals surface area contributed by atoms with Crippen molar-refractivity contribution in [3.63, 3.8) is 0 Å². The third-order valence-corrected chi connectivity index (χ3v) is 4.26. The van der Waals surface area contributed by atoms with Crippen LogP contribution in [0.15, 0.2) is 48.5 Å². The predicted molar refractivity (Wildman–Crippen MR) is 99.1 cm³/mol. The average Bonchev–Trinajstić information content (AvgIpc) is 2.96. The third-order valence-electron chi connectivity index (χ3n) is 4.26. The van der Waals surface area contributed by atoms with Gasteiger partial charge in [-0.1, -0.05) is 12.1 Å². The molecule has 0 radical (unpaired) electrons. The van der Waals surface area contributed by atoms with Gasteiger partial charge in [-0.3, -0.25) is 29.4 Å². The van der Waals surface area contributed by atoms with E-state index in [1.54, 1.807) is 12.1 Å². The lowest BCUT2D eigenvalue weighted by molar-refractivity contribution is -0.384. The minimum absolute atomic E-state index is 0.135. The number of fused-ring (bicyclic) bond motifs is 1. The molecule has 0 fully saturated rings. The number of rotatable bonds is 6. The number of benzene rings is 2. The fourth-order valence-corrected chi connectivity index (χ4v) is 2.79. The summed E-state index contributed by atoms with van der Waals surface area (Å²) in [6.45, 7) is 0.682. The van der Waals surface area contributed by atoms with Crippen molar-refractivity contribution in [1.29, 1.82) is 0 Å². The maximum atomic E-state index is 12.4. The van der Waals surface area contributed by atoms with E-state index in [1.807, 2.05) is 0 Å². The van der Waals surface area contributed by atoms with Crippen LogP contribution in [0.5, 0.6) is 0 Å². The third kappa shape index (κ3) is 3.95. The summed E-state index contributed by atoms with van der Waals surface area (Å²) in [4.78, 5) is 59.7. The first-order valence-electron chi connectivity index (χ1n) is 8.47. The van der Waals surface area contributed by atoms with E-state index in [1.165, 1.54) is 43.3 Å². The number of amides is 3. The van der Waals surface area contributed by atoms with Crippen molar-refractivity contribution in [2.75, 3.05) is 11.9 Å². The lowest BCUT2D eigenvalue weighted by Gasteiger charge is -2.20. The highest BCUT2D eigenvalue weighted by Gasteiger charge is 2.41. The number of carbonyl (C=O) groups is 4. The van der Waals surface area contributed by atoms with E-state index < -0.39 is 41.3 Å². The van der Waals surface area contributed by atoms with Gasteiger partial charge in [0.25, 0.3) is 23.4 Å². The Kier molecular flexibility index (Phi) is 5.35. The van der Waals surface area contributed by atoms with Crippen molar-refractivity contribution in [2.45, 2.75) is 13.0 Å². The van der Waals surface area contributed by atoms with Crippen LogP contribution >= 0.6 is 0 Å². The second kappa shape index (κ2) is 7.89. The van der Waals surface area contributed by atoms with E-state index >= 15 is 0 Å². The average molecular weight is 397 g/mol. The van der Waals surface area contributed by atoms with Gasteiger partial charge in [0.2, 0.25) is 0 Å². The van der Waals surface area contributed by atoms with Crippen molar-refractivity contribution in [3.05, 3.63) is 69.8 Å². The molecule has 0 aliphatic carbocycles. The molecule has 0 saturated carbocycles. The van der Waals surface area contributed by atoms with Gasteiger partial charge in [0.15, 0.2) is 6.61 Å². The second-order valence-corrected chi connectivity index (χ2v) is 6.16. The number of carbonyl (C=O) groups excluding carboxylic acids is 4. The maximum absolute atomic E-state index is 12.4. The zero-order valence-electron chi connectivity index (χ0n) is 15.2. The highest BCUT2D eigenvalue weighted by Crippen LogP contribution is 2.24. The number of hydrogen-bond donors (Lipinski definition) is 1. The van der Waals surface area contributed by atoms with Gasteiger partial charge in [-0.2, -0.15) is 0 Å². The van der Waals surface area contributed by atoms with Crippen LogP contribution in [-0.4, -0.2) is 46.2 Å². The first kappa shape index (κ1) is 19.7. The van der Waals surface area contributed by atoms with Crippen LogP contribution in [0.25, 0.3) is 0 Å². The molecule has 0 bridgehead atoms. The van der Waals surface area contributed by atoms with Gasteiger partial charge >= 0.3 is 5.97 Å². The largest absolute Gasteiger partial charge is 0.454 e. The molecule has 0 saturated heterocycles. The van der Waals surface area contributed by atoms with Crippen molar-refractivity contribution in [3.8, 4) is 0 Å². The Bertz CT molecular complexity index is 982. The number of hydrogen-bond acceptors (Lipinski definition) is 7. The molecule has 10 nitrogen and oxygen atoms in total. The maximum Gasteiger partial charge on any atom is 0.329 e. The minimum atomic E-state index is -1.21. The molecule has 1 aliphatic rings. The zero-order valence-corrected chi connectivity index (χ0v) is 15.2. The van der Waals surface area contributed by atoms with Crippen LogP contribution in [0.4, 0.5) is 11.4 Å². The summed E-state index contributed by atoms with van der Waals surface area (Å²) in [6, 6.07) is 10.1. The Labute approximate surface area is 164 Å². The fourth-order valence-electron chi connectivity index (χ4n) is 2.79. The summed E-state index contributed by atoms with van der Waals surface area (Å²) < 4.78 is 4.90. The summed E-state index contributed by atoms with van der Waals surface area (Å²) in [5.41, 5.74) is 0.551. The van der Waals surface area contributed by atoms with Crippen molar-refractivity contribution in [1.82, 2.24) is 4.90 Å². The molecule has 3 amide bonds. The molecule has 29 heavy (non-hydrogen) atoms. The number of non-ortho nitro benzene ring substituents is 1.